The molecule has 0 aromatic rings. The lowest BCUT2D eigenvalue weighted by Gasteiger charge is -2.01. The second-order valence-electron chi connectivity index (χ2n) is 1.53. The number of hydrogen-bond donors (Lipinski definition) is 2. The molecule has 5 heteroatoms. The van der Waals surface area contributed by atoms with Crippen LogP contribution in [0.15, 0.2) is 0 Å². The Balaban J connectivity index is 3.26. The molecule has 1 unspecified atom stereocenters. The van der Waals surface area contributed by atoms with Gasteiger partial charge >= 0.3 is 5.97 Å². The summed E-state index contributed by atoms with van der Waals surface area (Å²) in [6.07, 6.45) is -0.126. The van der Waals surface area contributed by atoms with Gasteiger partial charge in [-0.15, -0.1) is 11.6 Å². The molecule has 0 spiro atoms. The van der Waals surface area contributed by atoms with Crippen molar-refractivity contribution in [3.63, 3.8) is 0 Å². The lowest BCUT2D eigenvalue weighted by molar-refractivity contribution is -0.137. The number of carboxylic acids is 1. The molecule has 0 radical (unpaired) electrons. The summed E-state index contributed by atoms with van der Waals surface area (Å²) in [5.41, 5.74) is 0. The van der Waals surface area contributed by atoms with Gasteiger partial charge in [-0.25, -0.2) is 5.90 Å². The van der Waals surface area contributed by atoms with Gasteiger partial charge in [0.15, 0.2) is 0 Å². The number of nitrogens with two attached hydrogens (primary N) is 1. The Kier molecular flexibility index (Phi) is 4.39. The summed E-state index contributed by atoms with van der Waals surface area (Å²) < 4.78 is 0. The highest BCUT2D eigenvalue weighted by Crippen LogP contribution is 2.00. The van der Waals surface area contributed by atoms with Gasteiger partial charge in [-0.05, 0) is 0 Å². The summed E-state index contributed by atoms with van der Waals surface area (Å²) in [4.78, 5) is 14.0. The SMILES string of the molecule is NOCC(Cl)CC(=O)O. The van der Waals surface area contributed by atoms with E-state index >= 15 is 0 Å². The van der Waals surface area contributed by atoms with Gasteiger partial charge in [0.25, 0.3) is 0 Å². The Hall–Kier alpha value is -0.320. The normalized spacial score (nSPS) is 13.1. The van der Waals surface area contributed by atoms with Crippen molar-refractivity contribution >= 4 is 17.6 Å². The van der Waals surface area contributed by atoms with Crippen LogP contribution in [0.1, 0.15) is 6.42 Å². The van der Waals surface area contributed by atoms with Gasteiger partial charge in [-0.2, -0.15) is 0 Å². The van der Waals surface area contributed by atoms with Gasteiger partial charge in [0, 0.05) is 0 Å². The van der Waals surface area contributed by atoms with Crippen molar-refractivity contribution in [2.45, 2.75) is 11.8 Å². The average Bonchev–Trinajstić information content (AvgIpc) is 1.63. The first-order valence-electron chi connectivity index (χ1n) is 2.34. The van der Waals surface area contributed by atoms with Crippen LogP contribution in [0.4, 0.5) is 0 Å². The fourth-order valence-electron chi connectivity index (χ4n) is 0.353. The van der Waals surface area contributed by atoms with Crippen LogP contribution in [-0.2, 0) is 9.63 Å². The van der Waals surface area contributed by atoms with Crippen molar-refractivity contribution in [1.82, 2.24) is 0 Å². The zero-order chi connectivity index (χ0) is 7.28. The summed E-state index contributed by atoms with van der Waals surface area (Å²) in [5, 5.41) is 7.59. The lowest BCUT2D eigenvalue weighted by atomic mass is 10.3. The number of halogens is 1. The first-order valence-corrected chi connectivity index (χ1v) is 2.78. The number of aliphatic carboxylic acids is 1. The van der Waals surface area contributed by atoms with Gasteiger partial charge < -0.3 is 9.94 Å². The van der Waals surface area contributed by atoms with E-state index in [0.717, 1.165) is 0 Å². The number of rotatable bonds is 4. The molecule has 54 valence electrons. The van der Waals surface area contributed by atoms with Gasteiger partial charge in [0.05, 0.1) is 18.4 Å². The van der Waals surface area contributed by atoms with E-state index in [-0.39, 0.29) is 13.0 Å². The Morgan fingerprint density at radius 2 is 2.44 bits per heavy atom. The Bertz CT molecular complexity index is 97.8. The lowest BCUT2D eigenvalue weighted by Crippen LogP contribution is -2.16. The van der Waals surface area contributed by atoms with Crippen LogP contribution >= 0.6 is 11.6 Å². The third kappa shape index (κ3) is 5.55. The van der Waals surface area contributed by atoms with Crippen molar-refractivity contribution in [2.24, 2.45) is 5.90 Å². The minimum Gasteiger partial charge on any atom is -0.481 e. The molecule has 0 fully saturated rings. The van der Waals surface area contributed by atoms with E-state index in [0.29, 0.717) is 0 Å². The monoisotopic (exact) mass is 153 g/mol. The summed E-state index contributed by atoms with van der Waals surface area (Å²) in [6, 6.07) is 0. The minimum absolute atomic E-state index is 0.0633. The third-order valence-corrected chi connectivity index (χ3v) is 0.953. The fourth-order valence-corrected chi connectivity index (χ4v) is 0.558. The van der Waals surface area contributed by atoms with Crippen molar-refractivity contribution in [2.75, 3.05) is 6.61 Å². The van der Waals surface area contributed by atoms with Crippen LogP contribution in [0.25, 0.3) is 0 Å². The molecule has 0 amide bonds. The number of carboxylic acid groups (broad SMARTS) is 1. The van der Waals surface area contributed by atoms with E-state index in [2.05, 4.69) is 10.7 Å². The molecule has 4 nitrogen and oxygen atoms in total. The van der Waals surface area contributed by atoms with Gasteiger partial charge in [0.2, 0.25) is 0 Å². The number of hydrogen-bond acceptors (Lipinski definition) is 3. The van der Waals surface area contributed by atoms with Crippen molar-refractivity contribution in [3.05, 3.63) is 0 Å². The largest absolute Gasteiger partial charge is 0.481 e. The molecule has 0 aromatic carbocycles. The molecular weight excluding hydrogens is 146 g/mol. The van der Waals surface area contributed by atoms with Gasteiger partial charge in [-0.1, -0.05) is 0 Å². The maximum atomic E-state index is 9.90. The highest BCUT2D eigenvalue weighted by molar-refractivity contribution is 6.21. The van der Waals surface area contributed by atoms with Crippen molar-refractivity contribution in [3.8, 4) is 0 Å². The molecule has 0 heterocycles. The molecular formula is C4H8ClNO3. The van der Waals surface area contributed by atoms with E-state index < -0.39 is 11.3 Å². The molecule has 9 heavy (non-hydrogen) atoms. The maximum Gasteiger partial charge on any atom is 0.304 e. The fraction of sp³-hybridized carbons (Fsp3) is 0.750. The quantitative estimate of drug-likeness (QED) is 0.439. The molecule has 0 saturated carbocycles. The Labute approximate surface area is 57.5 Å². The Morgan fingerprint density at radius 1 is 1.89 bits per heavy atom. The molecule has 0 aliphatic rings. The Morgan fingerprint density at radius 3 is 2.78 bits per heavy atom. The van der Waals surface area contributed by atoms with Crippen LogP contribution in [0.2, 0.25) is 0 Å². The summed E-state index contributed by atoms with van der Waals surface area (Å²) >= 11 is 5.39. The number of carbonyl (C=O) groups is 1. The van der Waals surface area contributed by atoms with E-state index in [9.17, 15) is 4.79 Å². The van der Waals surface area contributed by atoms with E-state index in [1.54, 1.807) is 0 Å². The van der Waals surface area contributed by atoms with Crippen LogP contribution in [0, 0.1) is 0 Å². The third-order valence-electron chi connectivity index (χ3n) is 0.673. The summed E-state index contributed by atoms with van der Waals surface area (Å²) in [7, 11) is 0. The highest BCUT2D eigenvalue weighted by atomic mass is 35.5. The molecule has 0 rings (SSSR count). The minimum atomic E-state index is -0.952. The average molecular weight is 154 g/mol. The van der Waals surface area contributed by atoms with Crippen LogP contribution in [0.5, 0.6) is 0 Å². The van der Waals surface area contributed by atoms with Crippen LogP contribution < -0.4 is 5.90 Å². The van der Waals surface area contributed by atoms with E-state index in [1.165, 1.54) is 0 Å². The second-order valence-corrected chi connectivity index (χ2v) is 2.15. The summed E-state index contributed by atoms with van der Waals surface area (Å²) in [5.74, 6) is 3.68. The predicted molar refractivity (Wildman–Crippen MR) is 32.0 cm³/mol. The summed E-state index contributed by atoms with van der Waals surface area (Å²) in [6.45, 7) is 0.0633. The maximum absolute atomic E-state index is 9.90. The smallest absolute Gasteiger partial charge is 0.304 e. The topological polar surface area (TPSA) is 72.5 Å². The zero-order valence-electron chi connectivity index (χ0n) is 4.71. The van der Waals surface area contributed by atoms with E-state index in [4.69, 9.17) is 16.7 Å². The van der Waals surface area contributed by atoms with Crippen LogP contribution in [0.3, 0.4) is 0 Å². The standard InChI is InChI=1S/C4H8ClNO3/c5-3(2-9-6)1-4(7)8/h3H,1-2,6H2,(H,7,8). The first kappa shape index (κ1) is 8.68. The van der Waals surface area contributed by atoms with Gasteiger partial charge in [0.1, 0.15) is 0 Å². The van der Waals surface area contributed by atoms with Crippen LogP contribution in [-0.4, -0.2) is 23.1 Å². The van der Waals surface area contributed by atoms with Crippen molar-refractivity contribution < 1.29 is 14.7 Å². The molecule has 0 aliphatic heterocycles. The molecule has 0 aromatic heterocycles. The second kappa shape index (κ2) is 4.55. The van der Waals surface area contributed by atoms with E-state index in [1.807, 2.05) is 0 Å². The molecule has 3 N–H and O–H groups in total. The zero-order valence-corrected chi connectivity index (χ0v) is 5.47. The molecule has 0 aliphatic carbocycles. The molecule has 1 atom stereocenters. The molecule has 0 bridgehead atoms. The van der Waals surface area contributed by atoms with Gasteiger partial charge in [-0.3, -0.25) is 4.79 Å². The molecule has 0 saturated heterocycles. The first-order chi connectivity index (χ1) is 4.16. The van der Waals surface area contributed by atoms with Crippen molar-refractivity contribution in [1.29, 1.82) is 0 Å². The predicted octanol–water partition coefficient (Wildman–Crippen LogP) is -0.0412. The number of alkyl halides is 1. The highest BCUT2D eigenvalue weighted by Gasteiger charge is 2.08.